The number of carboxylic acids is 1. The Labute approximate surface area is 136 Å². The van der Waals surface area contributed by atoms with Gasteiger partial charge in [0.05, 0.1) is 18.1 Å². The molecule has 1 saturated heterocycles. The summed E-state index contributed by atoms with van der Waals surface area (Å²) in [7, 11) is 0. The van der Waals surface area contributed by atoms with Crippen LogP contribution in [-0.2, 0) is 9.53 Å². The number of hydrogen-bond donors (Lipinski definition) is 0. The van der Waals surface area contributed by atoms with Gasteiger partial charge in [0.1, 0.15) is 17.5 Å². The number of nitrogens with zero attached hydrogens (tertiary/aromatic N) is 1. The van der Waals surface area contributed by atoms with Gasteiger partial charge in [0, 0.05) is 6.42 Å². The summed E-state index contributed by atoms with van der Waals surface area (Å²) >= 11 is 0. The van der Waals surface area contributed by atoms with E-state index in [2.05, 4.69) is 0 Å². The third-order valence-corrected chi connectivity index (χ3v) is 3.71. The average Bonchev–Trinajstić information content (AvgIpc) is 2.76. The highest BCUT2D eigenvalue weighted by molar-refractivity contribution is 5.83. The van der Waals surface area contributed by atoms with Crippen LogP contribution in [-0.4, -0.2) is 40.8 Å². The summed E-state index contributed by atoms with van der Waals surface area (Å²) in [6.07, 6.45) is -0.972. The van der Waals surface area contributed by atoms with Gasteiger partial charge in [0.15, 0.2) is 0 Å². The molecule has 0 saturated carbocycles. The number of aliphatic carboxylic acids is 1. The zero-order valence-corrected chi connectivity index (χ0v) is 13.9. The molecule has 1 aromatic rings. The molecule has 1 amide bonds. The van der Waals surface area contributed by atoms with E-state index < -0.39 is 29.3 Å². The van der Waals surface area contributed by atoms with Gasteiger partial charge in [0.2, 0.25) is 0 Å². The van der Waals surface area contributed by atoms with E-state index in [4.69, 9.17) is 9.47 Å². The van der Waals surface area contributed by atoms with Crippen LogP contribution in [0.3, 0.4) is 0 Å². The number of carbonyl (C=O) groups excluding carboxylic acids is 2. The highest BCUT2D eigenvalue weighted by atomic mass is 16.6. The second-order valence-electron chi connectivity index (χ2n) is 6.91. The smallest absolute Gasteiger partial charge is 0.411 e. The van der Waals surface area contributed by atoms with Crippen LogP contribution in [0.2, 0.25) is 0 Å². The first-order valence-electron chi connectivity index (χ1n) is 7.55. The van der Waals surface area contributed by atoms with Crippen molar-refractivity contribution in [2.45, 2.75) is 51.4 Å². The summed E-state index contributed by atoms with van der Waals surface area (Å²) in [5, 5.41) is 11.6. The summed E-state index contributed by atoms with van der Waals surface area (Å²) in [5.41, 5.74) is -2.16. The minimum absolute atomic E-state index is 0.133. The van der Waals surface area contributed by atoms with Crippen molar-refractivity contribution in [2.75, 3.05) is 6.54 Å². The maximum absolute atomic E-state index is 12.3. The standard InChI is InChI=1S/C17H23NO5/c1-16(2,3)23-15(21)18-11-13(10-17(18,4)14(19)20)22-12-8-6-5-7-9-12/h5-9,13H,10-11H2,1-4H3,(H,19,20)/p-1/t13-,17-/m0/s1. The fourth-order valence-electron chi connectivity index (χ4n) is 2.58. The van der Waals surface area contributed by atoms with Gasteiger partial charge in [-0.05, 0) is 39.8 Å². The number of likely N-dealkylation sites (tertiary alicyclic amines) is 1. The monoisotopic (exact) mass is 320 g/mol. The lowest BCUT2D eigenvalue weighted by molar-refractivity contribution is -0.316. The number of ether oxygens (including phenoxy) is 2. The SMILES string of the molecule is CC(C)(C)OC(=O)N1C[C@@H](Oc2ccccc2)C[C@@]1(C)C(=O)[O-]. The zero-order chi connectivity index (χ0) is 17.3. The van der Waals surface area contributed by atoms with Crippen molar-refractivity contribution >= 4 is 12.1 Å². The number of rotatable bonds is 3. The van der Waals surface area contributed by atoms with Crippen LogP contribution in [0.5, 0.6) is 5.75 Å². The Balaban J connectivity index is 2.16. The van der Waals surface area contributed by atoms with Crippen molar-refractivity contribution in [3.8, 4) is 5.75 Å². The zero-order valence-electron chi connectivity index (χ0n) is 13.9. The molecule has 1 fully saturated rings. The minimum atomic E-state index is -1.46. The Hall–Kier alpha value is -2.24. The second kappa shape index (κ2) is 6.10. The average molecular weight is 320 g/mol. The maximum atomic E-state index is 12.3. The van der Waals surface area contributed by atoms with Crippen molar-refractivity contribution in [1.82, 2.24) is 4.90 Å². The third kappa shape index (κ3) is 3.94. The molecule has 1 aromatic carbocycles. The molecule has 0 aliphatic carbocycles. The van der Waals surface area contributed by atoms with Gasteiger partial charge in [-0.15, -0.1) is 0 Å². The molecule has 0 N–H and O–H groups in total. The molecular formula is C17H22NO5-. The van der Waals surface area contributed by atoms with Gasteiger partial charge in [-0.25, -0.2) is 4.79 Å². The molecule has 0 bridgehead atoms. The maximum Gasteiger partial charge on any atom is 0.411 e. The fraction of sp³-hybridized carbons (Fsp3) is 0.529. The Morgan fingerprint density at radius 3 is 2.39 bits per heavy atom. The van der Waals surface area contributed by atoms with E-state index >= 15 is 0 Å². The largest absolute Gasteiger partial charge is 0.548 e. The third-order valence-electron chi connectivity index (χ3n) is 3.71. The Bertz CT molecular complexity index is 580. The van der Waals surface area contributed by atoms with Gasteiger partial charge >= 0.3 is 6.09 Å². The predicted molar refractivity (Wildman–Crippen MR) is 81.8 cm³/mol. The lowest BCUT2D eigenvalue weighted by Crippen LogP contribution is -2.57. The molecule has 6 heteroatoms. The van der Waals surface area contributed by atoms with E-state index in [9.17, 15) is 14.7 Å². The van der Waals surface area contributed by atoms with Gasteiger partial charge in [-0.1, -0.05) is 18.2 Å². The molecule has 0 aromatic heterocycles. The number of carbonyl (C=O) groups is 2. The number of amides is 1. The van der Waals surface area contributed by atoms with Crippen molar-refractivity contribution in [2.24, 2.45) is 0 Å². The molecule has 1 aliphatic heterocycles. The van der Waals surface area contributed by atoms with E-state index in [-0.39, 0.29) is 13.0 Å². The summed E-state index contributed by atoms with van der Waals surface area (Å²) < 4.78 is 11.1. The molecule has 23 heavy (non-hydrogen) atoms. The van der Waals surface area contributed by atoms with Gasteiger partial charge in [-0.3, -0.25) is 4.90 Å². The molecular weight excluding hydrogens is 298 g/mol. The summed E-state index contributed by atoms with van der Waals surface area (Å²) in [4.78, 5) is 25.1. The molecule has 0 spiro atoms. The molecule has 1 aliphatic rings. The van der Waals surface area contributed by atoms with E-state index in [0.29, 0.717) is 5.75 Å². The molecule has 0 radical (unpaired) electrons. The van der Waals surface area contributed by atoms with E-state index in [1.54, 1.807) is 32.9 Å². The topological polar surface area (TPSA) is 78.9 Å². The number of hydrogen-bond acceptors (Lipinski definition) is 5. The summed E-state index contributed by atoms with van der Waals surface area (Å²) in [6, 6.07) is 9.08. The van der Waals surface area contributed by atoms with E-state index in [1.807, 2.05) is 18.2 Å². The lowest BCUT2D eigenvalue weighted by atomic mass is 9.98. The predicted octanol–water partition coefficient (Wildman–Crippen LogP) is 1.58. The second-order valence-corrected chi connectivity index (χ2v) is 6.91. The first-order valence-corrected chi connectivity index (χ1v) is 7.55. The summed E-state index contributed by atoms with van der Waals surface area (Å²) in [5.74, 6) is -0.688. The molecule has 2 rings (SSSR count). The molecule has 6 nitrogen and oxygen atoms in total. The van der Waals surface area contributed by atoms with E-state index in [1.165, 1.54) is 11.8 Å². The quantitative estimate of drug-likeness (QED) is 0.845. The Morgan fingerprint density at radius 2 is 1.87 bits per heavy atom. The Morgan fingerprint density at radius 1 is 1.26 bits per heavy atom. The normalized spacial score (nSPS) is 24.3. The van der Waals surface area contributed by atoms with Crippen LogP contribution in [0.4, 0.5) is 4.79 Å². The summed E-state index contributed by atoms with van der Waals surface area (Å²) in [6.45, 7) is 6.79. The van der Waals surface area contributed by atoms with Crippen LogP contribution in [0.25, 0.3) is 0 Å². The molecule has 1 heterocycles. The Kier molecular flexibility index (Phi) is 4.54. The van der Waals surface area contributed by atoms with Crippen molar-refractivity contribution < 1.29 is 24.2 Å². The van der Waals surface area contributed by atoms with E-state index in [0.717, 1.165) is 0 Å². The minimum Gasteiger partial charge on any atom is -0.548 e. The van der Waals surface area contributed by atoms with Crippen LogP contribution >= 0.6 is 0 Å². The highest BCUT2D eigenvalue weighted by Crippen LogP contribution is 2.32. The van der Waals surface area contributed by atoms with Gasteiger partial charge < -0.3 is 19.4 Å². The van der Waals surface area contributed by atoms with Gasteiger partial charge in [-0.2, -0.15) is 0 Å². The first kappa shape index (κ1) is 17.1. The van der Waals surface area contributed by atoms with Crippen molar-refractivity contribution in [1.29, 1.82) is 0 Å². The fourth-order valence-corrected chi connectivity index (χ4v) is 2.58. The van der Waals surface area contributed by atoms with Crippen molar-refractivity contribution in [3.05, 3.63) is 30.3 Å². The van der Waals surface area contributed by atoms with Crippen LogP contribution in [0, 0.1) is 0 Å². The number of benzene rings is 1. The number of para-hydroxylation sites is 1. The lowest BCUT2D eigenvalue weighted by Gasteiger charge is -2.36. The van der Waals surface area contributed by atoms with Crippen molar-refractivity contribution in [3.63, 3.8) is 0 Å². The van der Waals surface area contributed by atoms with Crippen LogP contribution in [0.15, 0.2) is 30.3 Å². The van der Waals surface area contributed by atoms with Crippen LogP contribution < -0.4 is 9.84 Å². The molecule has 2 atom stereocenters. The number of carboxylic acid groups (broad SMARTS) is 1. The van der Waals surface area contributed by atoms with Crippen LogP contribution in [0.1, 0.15) is 34.1 Å². The molecule has 126 valence electrons. The first-order chi connectivity index (χ1) is 10.6. The van der Waals surface area contributed by atoms with Gasteiger partial charge in [0.25, 0.3) is 0 Å². The highest BCUT2D eigenvalue weighted by Gasteiger charge is 2.48. The molecule has 0 unspecified atom stereocenters.